The van der Waals surface area contributed by atoms with E-state index in [2.05, 4.69) is 38.2 Å². The summed E-state index contributed by atoms with van der Waals surface area (Å²) in [6.45, 7) is 5.37. The number of hydrogen-bond donors (Lipinski definition) is 1. The second-order valence-electron chi connectivity index (χ2n) is 14.4. The van der Waals surface area contributed by atoms with Crippen LogP contribution in [0.4, 0.5) is 0 Å². The van der Waals surface area contributed by atoms with E-state index in [0.717, 1.165) is 25.7 Å². The molecule has 0 amide bonds. The summed E-state index contributed by atoms with van der Waals surface area (Å²) in [5.41, 5.74) is 0. The van der Waals surface area contributed by atoms with Crippen molar-refractivity contribution in [1.82, 2.24) is 0 Å². The number of aliphatic hydroxyl groups excluding tert-OH is 1. The molecule has 0 radical (unpaired) electrons. The van der Waals surface area contributed by atoms with Crippen LogP contribution in [0.15, 0.2) is 24.3 Å². The van der Waals surface area contributed by atoms with Crippen molar-refractivity contribution in [3.05, 3.63) is 24.3 Å². The molecule has 1 unspecified atom stereocenters. The van der Waals surface area contributed by atoms with E-state index in [1.54, 1.807) is 0 Å². The maximum absolute atomic E-state index is 12.2. The molecular formula is C44H84O4. The average Bonchev–Trinajstić information content (AvgIpc) is 3.09. The monoisotopic (exact) mass is 677 g/mol. The first-order valence-corrected chi connectivity index (χ1v) is 21.4. The second kappa shape index (κ2) is 42.0. The normalized spacial score (nSPS) is 12.5. The summed E-state index contributed by atoms with van der Waals surface area (Å²) < 4.78 is 11.2. The Hall–Kier alpha value is -1.13. The summed E-state index contributed by atoms with van der Waals surface area (Å²) in [6.07, 6.45) is 50.9. The van der Waals surface area contributed by atoms with Crippen LogP contribution < -0.4 is 0 Å². The molecule has 0 bridgehead atoms. The molecule has 0 aliphatic rings. The number of hydrogen-bond acceptors (Lipinski definition) is 4. The van der Waals surface area contributed by atoms with Gasteiger partial charge >= 0.3 is 5.97 Å². The van der Waals surface area contributed by atoms with Gasteiger partial charge in [-0.05, 0) is 44.9 Å². The fourth-order valence-corrected chi connectivity index (χ4v) is 6.30. The van der Waals surface area contributed by atoms with Crippen molar-refractivity contribution >= 4 is 5.97 Å². The van der Waals surface area contributed by atoms with Gasteiger partial charge in [0.25, 0.3) is 0 Å². The van der Waals surface area contributed by atoms with Crippen molar-refractivity contribution in [2.75, 3.05) is 19.8 Å². The van der Waals surface area contributed by atoms with Gasteiger partial charge in [0.2, 0.25) is 0 Å². The molecular weight excluding hydrogens is 592 g/mol. The lowest BCUT2D eigenvalue weighted by molar-refractivity contribution is -0.154. The van der Waals surface area contributed by atoms with Gasteiger partial charge in [-0.1, -0.05) is 199 Å². The van der Waals surface area contributed by atoms with E-state index in [0.29, 0.717) is 19.6 Å². The smallest absolute Gasteiger partial charge is 0.306 e. The third-order valence-corrected chi connectivity index (χ3v) is 9.53. The van der Waals surface area contributed by atoms with Gasteiger partial charge in [-0.2, -0.15) is 0 Å². The minimum absolute atomic E-state index is 0.169. The Labute approximate surface area is 300 Å². The lowest BCUT2D eigenvalue weighted by Gasteiger charge is -2.16. The van der Waals surface area contributed by atoms with E-state index in [9.17, 15) is 9.90 Å². The van der Waals surface area contributed by atoms with Crippen LogP contribution in [0.5, 0.6) is 0 Å². The summed E-state index contributed by atoms with van der Waals surface area (Å²) in [5, 5.41) is 9.59. The predicted molar refractivity (Wildman–Crippen MR) is 210 cm³/mol. The maximum atomic E-state index is 12.2. The van der Waals surface area contributed by atoms with E-state index in [-0.39, 0.29) is 12.6 Å². The average molecular weight is 677 g/mol. The molecule has 284 valence electrons. The van der Waals surface area contributed by atoms with Gasteiger partial charge in [0.15, 0.2) is 0 Å². The molecule has 4 heteroatoms. The molecule has 0 aliphatic carbocycles. The van der Waals surface area contributed by atoms with Gasteiger partial charge < -0.3 is 14.6 Å². The first kappa shape index (κ1) is 46.9. The SMILES string of the molecule is CCCCCCC/C=C\C/C=C\CCCCCCCCCCCC(=O)OC(CO)COCCCCCCCCCCCCCCCCC. The highest BCUT2D eigenvalue weighted by molar-refractivity contribution is 5.69. The van der Waals surface area contributed by atoms with E-state index in [4.69, 9.17) is 9.47 Å². The molecule has 0 rings (SSSR count). The van der Waals surface area contributed by atoms with E-state index >= 15 is 0 Å². The highest BCUT2D eigenvalue weighted by atomic mass is 16.6. The summed E-state index contributed by atoms with van der Waals surface area (Å²) >= 11 is 0. The summed E-state index contributed by atoms with van der Waals surface area (Å²) in [5.74, 6) is -0.201. The molecule has 0 aromatic rings. The molecule has 0 aliphatic heterocycles. The van der Waals surface area contributed by atoms with Crippen LogP contribution in [0.1, 0.15) is 226 Å². The molecule has 0 spiro atoms. The molecule has 4 nitrogen and oxygen atoms in total. The van der Waals surface area contributed by atoms with Crippen molar-refractivity contribution in [1.29, 1.82) is 0 Å². The Bertz CT molecular complexity index is 673. The summed E-state index contributed by atoms with van der Waals surface area (Å²) in [6, 6.07) is 0. The zero-order chi connectivity index (χ0) is 34.9. The number of ether oxygens (including phenoxy) is 2. The number of carbonyl (C=O) groups excluding carboxylic acids is 1. The Balaban J connectivity index is 3.41. The quantitative estimate of drug-likeness (QED) is 0.0399. The van der Waals surface area contributed by atoms with Crippen LogP contribution in [-0.2, 0) is 14.3 Å². The van der Waals surface area contributed by atoms with E-state index in [1.807, 2.05) is 0 Å². The fraction of sp³-hybridized carbons (Fsp3) is 0.886. The van der Waals surface area contributed by atoms with Gasteiger partial charge in [-0.15, -0.1) is 0 Å². The van der Waals surface area contributed by atoms with E-state index < -0.39 is 6.10 Å². The third-order valence-electron chi connectivity index (χ3n) is 9.53. The van der Waals surface area contributed by atoms with Crippen LogP contribution in [-0.4, -0.2) is 37.0 Å². The van der Waals surface area contributed by atoms with Gasteiger partial charge in [-0.25, -0.2) is 0 Å². The summed E-state index contributed by atoms with van der Waals surface area (Å²) in [4.78, 5) is 12.2. The zero-order valence-electron chi connectivity index (χ0n) is 32.5. The lowest BCUT2D eigenvalue weighted by Crippen LogP contribution is -2.27. The number of aliphatic hydroxyl groups is 1. The Morgan fingerprint density at radius 3 is 1.29 bits per heavy atom. The van der Waals surface area contributed by atoms with Gasteiger partial charge in [0.05, 0.1) is 13.2 Å². The molecule has 0 aromatic carbocycles. The highest BCUT2D eigenvalue weighted by Crippen LogP contribution is 2.15. The highest BCUT2D eigenvalue weighted by Gasteiger charge is 2.13. The number of rotatable bonds is 40. The molecule has 48 heavy (non-hydrogen) atoms. The van der Waals surface area contributed by atoms with E-state index in [1.165, 1.54) is 180 Å². The minimum Gasteiger partial charge on any atom is -0.457 e. The minimum atomic E-state index is -0.531. The summed E-state index contributed by atoms with van der Waals surface area (Å²) in [7, 11) is 0. The van der Waals surface area contributed by atoms with Gasteiger partial charge in [0.1, 0.15) is 6.10 Å². The molecule has 0 saturated carbocycles. The van der Waals surface area contributed by atoms with Crippen LogP contribution >= 0.6 is 0 Å². The molecule has 0 saturated heterocycles. The molecule has 0 fully saturated rings. The molecule has 1 atom stereocenters. The Morgan fingerprint density at radius 2 is 0.875 bits per heavy atom. The zero-order valence-corrected chi connectivity index (χ0v) is 32.5. The molecule has 1 N–H and O–H groups in total. The van der Waals surface area contributed by atoms with Gasteiger partial charge in [0, 0.05) is 13.0 Å². The second-order valence-corrected chi connectivity index (χ2v) is 14.4. The molecule has 0 aromatic heterocycles. The Morgan fingerprint density at radius 1 is 0.500 bits per heavy atom. The standard InChI is InChI=1S/C44H84O4/c1-3-5-7-9-11-13-15-17-19-20-21-22-23-24-25-27-29-31-33-35-37-39-44(46)48-43(41-45)42-47-40-38-36-34-32-30-28-26-18-16-14-12-10-8-6-4-2/h15,17,20-21,43,45H,3-14,16,18-19,22-42H2,1-2H3/b17-15-,21-20-. The predicted octanol–water partition coefficient (Wildman–Crippen LogP) is 13.9. The van der Waals surface area contributed by atoms with Crippen molar-refractivity contribution in [2.45, 2.75) is 232 Å². The van der Waals surface area contributed by atoms with Crippen LogP contribution in [0.3, 0.4) is 0 Å². The van der Waals surface area contributed by atoms with Crippen molar-refractivity contribution in [3.8, 4) is 0 Å². The third kappa shape index (κ3) is 39.3. The van der Waals surface area contributed by atoms with Crippen molar-refractivity contribution in [3.63, 3.8) is 0 Å². The lowest BCUT2D eigenvalue weighted by atomic mass is 10.0. The number of esters is 1. The van der Waals surface area contributed by atoms with Crippen LogP contribution in [0, 0.1) is 0 Å². The topological polar surface area (TPSA) is 55.8 Å². The van der Waals surface area contributed by atoms with Crippen molar-refractivity contribution < 1.29 is 19.4 Å². The largest absolute Gasteiger partial charge is 0.457 e. The number of allylic oxidation sites excluding steroid dienone is 4. The first-order chi connectivity index (χ1) is 23.7. The first-order valence-electron chi connectivity index (χ1n) is 21.4. The van der Waals surface area contributed by atoms with Crippen LogP contribution in [0.2, 0.25) is 0 Å². The Kier molecular flexibility index (Phi) is 41.0. The number of carbonyl (C=O) groups is 1. The van der Waals surface area contributed by atoms with Crippen LogP contribution in [0.25, 0.3) is 0 Å². The maximum Gasteiger partial charge on any atom is 0.306 e. The van der Waals surface area contributed by atoms with Gasteiger partial charge in [-0.3, -0.25) is 4.79 Å². The van der Waals surface area contributed by atoms with Crippen molar-refractivity contribution in [2.24, 2.45) is 0 Å². The number of unbranched alkanes of at least 4 members (excludes halogenated alkanes) is 28. The molecule has 0 heterocycles. The fourth-order valence-electron chi connectivity index (χ4n) is 6.30.